The van der Waals surface area contributed by atoms with Gasteiger partial charge >= 0.3 is 0 Å². The van der Waals surface area contributed by atoms with Gasteiger partial charge in [-0.15, -0.1) is 0 Å². The molecule has 0 aromatic heterocycles. The lowest BCUT2D eigenvalue weighted by Crippen LogP contribution is -2.46. The van der Waals surface area contributed by atoms with Gasteiger partial charge in [0.2, 0.25) is 0 Å². The van der Waals surface area contributed by atoms with E-state index < -0.39 is 0 Å². The summed E-state index contributed by atoms with van der Waals surface area (Å²) < 4.78 is 0. The molecule has 3 rings (SSSR count). The number of rotatable bonds is 6. The smallest absolute Gasteiger partial charge is 0.0110 e. The molecule has 2 heteroatoms. The molecule has 0 saturated carbocycles. The van der Waals surface area contributed by atoms with Gasteiger partial charge in [-0.2, -0.15) is 0 Å². The Labute approximate surface area is 147 Å². The summed E-state index contributed by atoms with van der Waals surface area (Å²) in [7, 11) is 0. The van der Waals surface area contributed by atoms with Crippen molar-refractivity contribution in [2.24, 2.45) is 0 Å². The number of hydrogen-bond acceptors (Lipinski definition) is 2. The molecule has 0 amide bonds. The second kappa shape index (κ2) is 8.46. The summed E-state index contributed by atoms with van der Waals surface area (Å²) >= 11 is 0. The maximum absolute atomic E-state index is 2.63. The second-order valence-corrected chi connectivity index (χ2v) is 6.95. The minimum atomic E-state index is 0.624. The van der Waals surface area contributed by atoms with Gasteiger partial charge in [0.15, 0.2) is 0 Å². The van der Waals surface area contributed by atoms with Crippen LogP contribution in [0, 0.1) is 0 Å². The van der Waals surface area contributed by atoms with E-state index in [4.69, 9.17) is 0 Å². The first-order valence-corrected chi connectivity index (χ1v) is 9.36. The predicted octanol–water partition coefficient (Wildman–Crippen LogP) is 4.48. The molecule has 1 saturated heterocycles. The Morgan fingerprint density at radius 2 is 1.38 bits per heavy atom. The highest BCUT2D eigenvalue weighted by atomic mass is 15.3. The average Bonchev–Trinajstić information content (AvgIpc) is 2.67. The van der Waals surface area contributed by atoms with Crippen LogP contribution in [-0.4, -0.2) is 49.1 Å². The fourth-order valence-corrected chi connectivity index (χ4v) is 3.51. The van der Waals surface area contributed by atoms with E-state index in [1.165, 1.54) is 62.4 Å². The zero-order valence-corrected chi connectivity index (χ0v) is 15.1. The molecule has 1 atom stereocenters. The van der Waals surface area contributed by atoms with Crippen molar-refractivity contribution in [2.75, 3.05) is 39.3 Å². The number of benzene rings is 2. The molecular formula is C22H30N2. The van der Waals surface area contributed by atoms with E-state index in [2.05, 4.69) is 78.2 Å². The molecular weight excluding hydrogens is 292 g/mol. The van der Waals surface area contributed by atoms with Gasteiger partial charge in [0.05, 0.1) is 0 Å². The third-order valence-electron chi connectivity index (χ3n) is 5.38. The van der Waals surface area contributed by atoms with Crippen LogP contribution >= 0.6 is 0 Å². The zero-order valence-electron chi connectivity index (χ0n) is 15.1. The normalized spacial score (nSPS) is 17.8. The van der Waals surface area contributed by atoms with Crippen LogP contribution in [-0.2, 0) is 0 Å². The highest BCUT2D eigenvalue weighted by Crippen LogP contribution is 2.24. The van der Waals surface area contributed by atoms with Crippen LogP contribution in [0.2, 0.25) is 0 Å². The maximum Gasteiger partial charge on any atom is 0.0110 e. The van der Waals surface area contributed by atoms with Crippen molar-refractivity contribution < 1.29 is 0 Å². The molecule has 2 aromatic rings. The lowest BCUT2D eigenvalue weighted by atomic mass is 9.95. The molecule has 24 heavy (non-hydrogen) atoms. The van der Waals surface area contributed by atoms with Gasteiger partial charge < -0.3 is 9.80 Å². The molecule has 128 valence electrons. The third kappa shape index (κ3) is 4.46. The Balaban J connectivity index is 1.51. The summed E-state index contributed by atoms with van der Waals surface area (Å²) in [6.45, 7) is 12.0. The van der Waals surface area contributed by atoms with Crippen LogP contribution < -0.4 is 0 Å². The molecule has 0 spiro atoms. The first-order chi connectivity index (χ1) is 11.8. The Morgan fingerprint density at radius 1 is 0.792 bits per heavy atom. The Morgan fingerprint density at radius 3 is 2.00 bits per heavy atom. The van der Waals surface area contributed by atoms with Gasteiger partial charge in [0, 0.05) is 26.2 Å². The number of likely N-dealkylation sites (N-methyl/N-ethyl adjacent to an activating group) is 1. The van der Waals surface area contributed by atoms with E-state index in [-0.39, 0.29) is 0 Å². The summed E-state index contributed by atoms with van der Waals surface area (Å²) in [5.74, 6) is 0.624. The van der Waals surface area contributed by atoms with E-state index in [0.29, 0.717) is 5.92 Å². The summed E-state index contributed by atoms with van der Waals surface area (Å²) in [5, 5.41) is 0. The maximum atomic E-state index is 2.63. The largest absolute Gasteiger partial charge is 0.301 e. The van der Waals surface area contributed by atoms with Crippen LogP contribution in [0.1, 0.15) is 31.7 Å². The molecule has 1 fully saturated rings. The minimum Gasteiger partial charge on any atom is -0.301 e. The van der Waals surface area contributed by atoms with Gasteiger partial charge in [0.25, 0.3) is 0 Å². The van der Waals surface area contributed by atoms with E-state index in [9.17, 15) is 0 Å². The van der Waals surface area contributed by atoms with Crippen LogP contribution in [0.3, 0.4) is 0 Å². The number of nitrogens with zero attached hydrogens (tertiary/aromatic N) is 2. The minimum absolute atomic E-state index is 0.624. The van der Waals surface area contributed by atoms with Crippen molar-refractivity contribution in [2.45, 2.75) is 26.2 Å². The van der Waals surface area contributed by atoms with Crippen molar-refractivity contribution in [3.05, 3.63) is 60.2 Å². The molecule has 1 unspecified atom stereocenters. The van der Waals surface area contributed by atoms with Crippen molar-refractivity contribution in [1.29, 1.82) is 0 Å². The van der Waals surface area contributed by atoms with Crippen LogP contribution in [0.5, 0.6) is 0 Å². The number of hydrogen-bond donors (Lipinski definition) is 0. The predicted molar refractivity (Wildman–Crippen MR) is 103 cm³/mol. The Hall–Kier alpha value is -1.64. The number of piperazine rings is 1. The van der Waals surface area contributed by atoms with Crippen molar-refractivity contribution >= 4 is 0 Å². The van der Waals surface area contributed by atoms with Gasteiger partial charge in [0.1, 0.15) is 0 Å². The van der Waals surface area contributed by atoms with E-state index >= 15 is 0 Å². The molecule has 0 N–H and O–H groups in total. The molecule has 1 heterocycles. The highest BCUT2D eigenvalue weighted by molar-refractivity contribution is 5.63. The first kappa shape index (κ1) is 17.2. The van der Waals surface area contributed by atoms with Crippen molar-refractivity contribution in [3.63, 3.8) is 0 Å². The Kier molecular flexibility index (Phi) is 6.06. The van der Waals surface area contributed by atoms with E-state index in [1.807, 2.05) is 0 Å². The quantitative estimate of drug-likeness (QED) is 0.773. The molecule has 2 nitrogen and oxygen atoms in total. The summed E-state index contributed by atoms with van der Waals surface area (Å²) in [4.78, 5) is 5.17. The molecule has 0 bridgehead atoms. The lowest BCUT2D eigenvalue weighted by molar-refractivity contribution is 0.134. The zero-order chi connectivity index (χ0) is 16.8. The first-order valence-electron chi connectivity index (χ1n) is 9.36. The van der Waals surface area contributed by atoms with Crippen LogP contribution in [0.25, 0.3) is 11.1 Å². The second-order valence-electron chi connectivity index (χ2n) is 6.95. The SMILES string of the molecule is CCN1CCN(CCC(C)c2ccc(-c3ccccc3)cc2)CC1. The topological polar surface area (TPSA) is 6.48 Å². The Bertz CT molecular complexity index is 598. The van der Waals surface area contributed by atoms with Crippen molar-refractivity contribution in [3.8, 4) is 11.1 Å². The highest BCUT2D eigenvalue weighted by Gasteiger charge is 2.16. The summed E-state index contributed by atoms with van der Waals surface area (Å²) in [5.41, 5.74) is 4.06. The summed E-state index contributed by atoms with van der Waals surface area (Å²) in [6.07, 6.45) is 1.25. The molecule has 1 aliphatic heterocycles. The van der Waals surface area contributed by atoms with Gasteiger partial charge in [-0.05, 0) is 42.1 Å². The van der Waals surface area contributed by atoms with Crippen LogP contribution in [0.4, 0.5) is 0 Å². The van der Waals surface area contributed by atoms with Gasteiger partial charge in [-0.1, -0.05) is 68.4 Å². The van der Waals surface area contributed by atoms with Gasteiger partial charge in [-0.25, -0.2) is 0 Å². The molecule has 1 aliphatic rings. The van der Waals surface area contributed by atoms with Crippen LogP contribution in [0.15, 0.2) is 54.6 Å². The fourth-order valence-electron chi connectivity index (χ4n) is 3.51. The summed E-state index contributed by atoms with van der Waals surface area (Å²) in [6, 6.07) is 19.8. The molecule has 0 aliphatic carbocycles. The van der Waals surface area contributed by atoms with E-state index in [1.54, 1.807) is 0 Å². The average molecular weight is 322 g/mol. The standard InChI is InChI=1S/C22H30N2/c1-3-23-15-17-24(18-16-23)14-13-19(2)20-9-11-22(12-10-20)21-7-5-4-6-8-21/h4-12,19H,3,13-18H2,1-2H3. The van der Waals surface area contributed by atoms with Gasteiger partial charge in [-0.3, -0.25) is 0 Å². The lowest BCUT2D eigenvalue weighted by Gasteiger charge is -2.34. The molecule has 0 radical (unpaired) electrons. The van der Waals surface area contributed by atoms with E-state index in [0.717, 1.165) is 0 Å². The molecule has 2 aromatic carbocycles. The monoisotopic (exact) mass is 322 g/mol. The van der Waals surface area contributed by atoms with Crippen molar-refractivity contribution in [1.82, 2.24) is 9.80 Å². The third-order valence-corrected chi connectivity index (χ3v) is 5.38. The fraction of sp³-hybridized carbons (Fsp3) is 0.455.